The molecular weight excluding hydrogens is 522 g/mol. The van der Waals surface area contributed by atoms with Crippen molar-refractivity contribution < 1.29 is 9.53 Å². The van der Waals surface area contributed by atoms with Crippen LogP contribution in [0.2, 0.25) is 0 Å². The molecule has 0 spiro atoms. The Balaban J connectivity index is 1.62. The van der Waals surface area contributed by atoms with Crippen LogP contribution in [0.3, 0.4) is 0 Å². The molecule has 0 radical (unpaired) electrons. The molecule has 0 fully saturated rings. The molecule has 0 aliphatic rings. The summed E-state index contributed by atoms with van der Waals surface area (Å²) in [6.07, 6.45) is 3.26. The van der Waals surface area contributed by atoms with E-state index in [0.29, 0.717) is 23.1 Å². The Labute approximate surface area is 237 Å². The molecule has 0 unspecified atom stereocenters. The number of aromatic amines is 1. The van der Waals surface area contributed by atoms with Crippen molar-refractivity contribution in [3.63, 3.8) is 0 Å². The SMILES string of the molecule is C=CC(=O)Nc1cc(N(C)c2nc(-c3c[nH]c4ccccc34)c3sccc3n2)c(OC)cc1N(C)CCN(C)C. The number of thiophene rings is 1. The van der Waals surface area contributed by atoms with Crippen LogP contribution in [-0.2, 0) is 4.79 Å². The van der Waals surface area contributed by atoms with Gasteiger partial charge in [0.25, 0.3) is 0 Å². The summed E-state index contributed by atoms with van der Waals surface area (Å²) in [6.45, 7) is 5.23. The van der Waals surface area contributed by atoms with E-state index in [1.54, 1.807) is 18.4 Å². The number of para-hydroxylation sites is 1. The lowest BCUT2D eigenvalue weighted by atomic mass is 10.1. The van der Waals surface area contributed by atoms with Gasteiger partial charge in [-0.3, -0.25) is 4.79 Å². The number of anilines is 4. The summed E-state index contributed by atoms with van der Waals surface area (Å²) in [6, 6.07) is 14.0. The number of hydrogen-bond donors (Lipinski definition) is 2. The Bertz CT molecular complexity index is 1690. The standard InChI is InChI=1S/C30H33N7O2S/c1-7-27(38)32-23-16-25(26(39-6)17-24(23)36(4)14-13-35(2)3)37(5)30-33-22-12-15-40-29(22)28(34-30)20-18-31-21-11-9-8-10-19(20)21/h7-12,15-18,31H,1,13-14H2,2-6H3,(H,32,38). The van der Waals surface area contributed by atoms with E-state index in [2.05, 4.69) is 38.8 Å². The number of nitrogens with one attached hydrogen (secondary N) is 2. The van der Waals surface area contributed by atoms with Gasteiger partial charge in [0.05, 0.1) is 40.1 Å². The Morgan fingerprint density at radius 1 is 1.10 bits per heavy atom. The number of H-pyrrole nitrogens is 1. The first-order chi connectivity index (χ1) is 19.3. The zero-order valence-electron chi connectivity index (χ0n) is 23.4. The third-order valence-corrected chi connectivity index (χ3v) is 7.74. The van der Waals surface area contributed by atoms with Gasteiger partial charge in [0.15, 0.2) is 0 Å². The molecule has 0 aliphatic heterocycles. The van der Waals surface area contributed by atoms with Crippen molar-refractivity contribution in [1.82, 2.24) is 19.9 Å². The van der Waals surface area contributed by atoms with Crippen molar-refractivity contribution in [3.05, 3.63) is 66.7 Å². The molecule has 3 heterocycles. The zero-order chi connectivity index (χ0) is 28.4. The molecule has 0 bridgehead atoms. The average Bonchev–Trinajstić information content (AvgIpc) is 3.62. The molecule has 0 atom stereocenters. The normalized spacial score (nSPS) is 11.2. The molecule has 0 aliphatic carbocycles. The fourth-order valence-corrected chi connectivity index (χ4v) is 5.45. The molecule has 10 heteroatoms. The van der Waals surface area contributed by atoms with Crippen LogP contribution in [0.25, 0.3) is 32.4 Å². The van der Waals surface area contributed by atoms with Crippen LogP contribution >= 0.6 is 11.3 Å². The van der Waals surface area contributed by atoms with Gasteiger partial charge in [0.2, 0.25) is 11.9 Å². The zero-order valence-corrected chi connectivity index (χ0v) is 24.2. The van der Waals surface area contributed by atoms with Gasteiger partial charge in [-0.05, 0) is 43.8 Å². The van der Waals surface area contributed by atoms with E-state index in [-0.39, 0.29) is 5.91 Å². The van der Waals surface area contributed by atoms with Crippen LogP contribution in [0.1, 0.15) is 0 Å². The summed E-state index contributed by atoms with van der Waals surface area (Å²) < 4.78 is 6.87. The topological polar surface area (TPSA) is 89.6 Å². The minimum atomic E-state index is -0.293. The number of benzene rings is 2. The lowest BCUT2D eigenvalue weighted by molar-refractivity contribution is -0.111. The van der Waals surface area contributed by atoms with Crippen LogP contribution in [0.15, 0.2) is 66.7 Å². The van der Waals surface area contributed by atoms with Gasteiger partial charge in [-0.15, -0.1) is 11.3 Å². The molecule has 40 heavy (non-hydrogen) atoms. The van der Waals surface area contributed by atoms with Crippen LogP contribution in [0.4, 0.5) is 23.0 Å². The lowest BCUT2D eigenvalue weighted by Gasteiger charge is -2.27. The van der Waals surface area contributed by atoms with E-state index in [0.717, 1.165) is 51.2 Å². The van der Waals surface area contributed by atoms with E-state index in [9.17, 15) is 4.79 Å². The molecule has 5 aromatic rings. The van der Waals surface area contributed by atoms with Gasteiger partial charge >= 0.3 is 0 Å². The van der Waals surface area contributed by atoms with Crippen molar-refractivity contribution in [2.45, 2.75) is 0 Å². The number of fused-ring (bicyclic) bond motifs is 2. The van der Waals surface area contributed by atoms with Gasteiger partial charge in [-0.25, -0.2) is 9.97 Å². The minimum Gasteiger partial charge on any atom is -0.494 e. The fraction of sp³-hybridized carbons (Fsp3) is 0.233. The van der Waals surface area contributed by atoms with Gasteiger partial charge < -0.3 is 29.7 Å². The highest BCUT2D eigenvalue weighted by molar-refractivity contribution is 7.17. The Morgan fingerprint density at radius 3 is 2.65 bits per heavy atom. The molecule has 2 N–H and O–H groups in total. The third kappa shape index (κ3) is 5.23. The highest BCUT2D eigenvalue weighted by atomic mass is 32.1. The predicted octanol–water partition coefficient (Wildman–Crippen LogP) is 5.74. The number of likely N-dealkylation sites (N-methyl/N-ethyl adjacent to an activating group) is 2. The van der Waals surface area contributed by atoms with Crippen molar-refractivity contribution in [2.75, 3.05) is 63.5 Å². The van der Waals surface area contributed by atoms with E-state index in [4.69, 9.17) is 14.7 Å². The second kappa shape index (κ2) is 11.4. The minimum absolute atomic E-state index is 0.293. The van der Waals surface area contributed by atoms with Gasteiger partial charge in [-0.2, -0.15) is 0 Å². The summed E-state index contributed by atoms with van der Waals surface area (Å²) in [5.74, 6) is 0.853. The predicted molar refractivity (Wildman–Crippen MR) is 166 cm³/mol. The second-order valence-electron chi connectivity index (χ2n) is 9.77. The largest absolute Gasteiger partial charge is 0.494 e. The maximum absolute atomic E-state index is 12.4. The molecule has 0 saturated heterocycles. The number of amides is 1. The molecule has 5 rings (SSSR count). The van der Waals surface area contributed by atoms with Gasteiger partial charge in [0, 0.05) is 55.9 Å². The smallest absolute Gasteiger partial charge is 0.247 e. The molecular formula is C30H33N7O2S. The number of carbonyl (C=O) groups excluding carboxylic acids is 1. The third-order valence-electron chi connectivity index (χ3n) is 6.83. The van der Waals surface area contributed by atoms with Crippen molar-refractivity contribution in [2.24, 2.45) is 0 Å². The summed E-state index contributed by atoms with van der Waals surface area (Å²) in [7, 11) is 9.59. The maximum atomic E-state index is 12.4. The Kier molecular flexibility index (Phi) is 7.72. The number of ether oxygens (including phenoxy) is 1. The maximum Gasteiger partial charge on any atom is 0.247 e. The van der Waals surface area contributed by atoms with E-state index >= 15 is 0 Å². The number of hydrogen-bond acceptors (Lipinski definition) is 8. The summed E-state index contributed by atoms with van der Waals surface area (Å²) in [5, 5.41) is 6.10. The highest BCUT2D eigenvalue weighted by Gasteiger charge is 2.22. The fourth-order valence-electron chi connectivity index (χ4n) is 4.61. The first kappa shape index (κ1) is 27.2. The Morgan fingerprint density at radius 2 is 1.90 bits per heavy atom. The molecule has 9 nitrogen and oxygen atoms in total. The van der Waals surface area contributed by atoms with Crippen LogP contribution < -0.4 is 19.9 Å². The van der Waals surface area contributed by atoms with Crippen LogP contribution in [0.5, 0.6) is 5.75 Å². The summed E-state index contributed by atoms with van der Waals surface area (Å²) in [4.78, 5) is 31.8. The van der Waals surface area contributed by atoms with Crippen LogP contribution in [-0.4, -0.2) is 74.1 Å². The lowest BCUT2D eigenvalue weighted by Crippen LogP contribution is -2.29. The molecule has 2 aromatic carbocycles. The molecule has 206 valence electrons. The van der Waals surface area contributed by atoms with Gasteiger partial charge in [-0.1, -0.05) is 24.8 Å². The van der Waals surface area contributed by atoms with E-state index in [1.807, 2.05) is 75.0 Å². The number of rotatable bonds is 10. The quantitative estimate of drug-likeness (QED) is 0.213. The first-order valence-corrected chi connectivity index (χ1v) is 13.8. The van der Waals surface area contributed by atoms with Crippen molar-refractivity contribution in [1.29, 1.82) is 0 Å². The van der Waals surface area contributed by atoms with Gasteiger partial charge in [0.1, 0.15) is 5.75 Å². The van der Waals surface area contributed by atoms with Crippen molar-refractivity contribution in [3.8, 4) is 17.0 Å². The Hall–Kier alpha value is -4.41. The second-order valence-corrected chi connectivity index (χ2v) is 10.7. The molecule has 0 saturated carbocycles. The number of carbonyl (C=O) groups is 1. The van der Waals surface area contributed by atoms with E-state index < -0.39 is 0 Å². The highest BCUT2D eigenvalue weighted by Crippen LogP contribution is 2.42. The first-order valence-electron chi connectivity index (χ1n) is 12.9. The summed E-state index contributed by atoms with van der Waals surface area (Å²) in [5.41, 5.74) is 5.98. The summed E-state index contributed by atoms with van der Waals surface area (Å²) >= 11 is 1.62. The monoisotopic (exact) mass is 555 g/mol. The number of aromatic nitrogens is 3. The van der Waals surface area contributed by atoms with Crippen LogP contribution in [0, 0.1) is 0 Å². The average molecular weight is 556 g/mol. The number of nitrogens with zero attached hydrogens (tertiary/aromatic N) is 5. The molecule has 1 amide bonds. The van der Waals surface area contributed by atoms with E-state index in [1.165, 1.54) is 6.08 Å². The molecule has 3 aromatic heterocycles. The number of methoxy groups -OCH3 is 1. The van der Waals surface area contributed by atoms with Crippen molar-refractivity contribution >= 4 is 61.4 Å².